The molecule has 0 radical (unpaired) electrons. The van der Waals surface area contributed by atoms with Crippen LogP contribution in [0.25, 0.3) is 0 Å². The summed E-state index contributed by atoms with van der Waals surface area (Å²) in [6.45, 7) is 4.24. The number of methoxy groups -OCH3 is 3. The smallest absolute Gasteiger partial charge is 0.225 e. The lowest BCUT2D eigenvalue weighted by atomic mass is 9.95. The van der Waals surface area contributed by atoms with E-state index in [0.29, 0.717) is 41.8 Å². The van der Waals surface area contributed by atoms with Crippen LogP contribution in [0.3, 0.4) is 0 Å². The highest BCUT2D eigenvalue weighted by atomic mass is 16.5. The number of ether oxygens (including phenoxy) is 3. The molecule has 1 aromatic carbocycles. The molecule has 2 aliphatic heterocycles. The zero-order valence-corrected chi connectivity index (χ0v) is 19.7. The van der Waals surface area contributed by atoms with Gasteiger partial charge in [-0.1, -0.05) is 12.8 Å². The normalized spacial score (nSPS) is 18.0. The second-order valence-electron chi connectivity index (χ2n) is 8.57. The van der Waals surface area contributed by atoms with Gasteiger partial charge in [0, 0.05) is 49.8 Å². The number of nitrogens with zero attached hydrogens (tertiary/aromatic N) is 2. The molecule has 0 unspecified atom stereocenters. The van der Waals surface area contributed by atoms with Gasteiger partial charge < -0.3 is 29.3 Å². The number of likely N-dealkylation sites (tertiary alicyclic amines) is 2. The van der Waals surface area contributed by atoms with Gasteiger partial charge >= 0.3 is 0 Å². The predicted molar refractivity (Wildman–Crippen MR) is 124 cm³/mol. The lowest BCUT2D eigenvalue weighted by molar-refractivity contribution is -0.137. The minimum absolute atomic E-state index is 0.0676. The topological polar surface area (TPSA) is 80.3 Å². The first-order valence-electron chi connectivity index (χ1n) is 11.7. The summed E-state index contributed by atoms with van der Waals surface area (Å²) in [7, 11) is 4.64. The fraction of sp³-hybridized carbons (Fsp3) is 0.667. The molecule has 8 heteroatoms. The number of hydrogen-bond acceptors (Lipinski definition) is 6. The summed E-state index contributed by atoms with van der Waals surface area (Å²) in [5.74, 6) is 1.90. The molecule has 0 aromatic heterocycles. The van der Waals surface area contributed by atoms with Gasteiger partial charge in [0.05, 0.1) is 21.3 Å². The van der Waals surface area contributed by atoms with E-state index in [9.17, 15) is 9.59 Å². The van der Waals surface area contributed by atoms with Gasteiger partial charge in [-0.05, 0) is 38.8 Å². The molecule has 2 fully saturated rings. The summed E-state index contributed by atoms with van der Waals surface area (Å²) in [4.78, 5) is 29.7. The molecule has 32 heavy (non-hydrogen) atoms. The number of rotatable bonds is 8. The summed E-state index contributed by atoms with van der Waals surface area (Å²) in [5, 5.41) is 2.92. The number of carbonyl (C=O) groups is 2. The number of amides is 2. The van der Waals surface area contributed by atoms with Crippen LogP contribution in [0.5, 0.6) is 17.2 Å². The van der Waals surface area contributed by atoms with Crippen LogP contribution in [0.15, 0.2) is 12.1 Å². The third-order valence-corrected chi connectivity index (χ3v) is 6.46. The fourth-order valence-electron chi connectivity index (χ4n) is 4.59. The zero-order valence-electron chi connectivity index (χ0n) is 19.7. The van der Waals surface area contributed by atoms with Crippen LogP contribution in [0.2, 0.25) is 0 Å². The van der Waals surface area contributed by atoms with E-state index < -0.39 is 0 Å². The highest BCUT2D eigenvalue weighted by Crippen LogP contribution is 2.39. The lowest BCUT2D eigenvalue weighted by Crippen LogP contribution is -2.43. The van der Waals surface area contributed by atoms with E-state index in [1.54, 1.807) is 33.5 Å². The Morgan fingerprint density at radius 2 is 1.50 bits per heavy atom. The third-order valence-electron chi connectivity index (χ3n) is 6.46. The molecule has 2 heterocycles. The molecule has 0 saturated carbocycles. The van der Waals surface area contributed by atoms with Crippen molar-refractivity contribution in [3.05, 3.63) is 12.1 Å². The van der Waals surface area contributed by atoms with Crippen LogP contribution in [0.1, 0.15) is 44.9 Å². The van der Waals surface area contributed by atoms with E-state index >= 15 is 0 Å². The summed E-state index contributed by atoms with van der Waals surface area (Å²) >= 11 is 0. The summed E-state index contributed by atoms with van der Waals surface area (Å²) < 4.78 is 16.0. The molecule has 0 bridgehead atoms. The molecule has 2 amide bonds. The summed E-state index contributed by atoms with van der Waals surface area (Å²) in [6, 6.07) is 3.44. The second kappa shape index (κ2) is 11.9. The zero-order chi connectivity index (χ0) is 22.9. The van der Waals surface area contributed by atoms with Crippen molar-refractivity contribution >= 4 is 17.5 Å². The SMILES string of the molecule is COc1cc(NC(=O)CCN2CCC(C(=O)N3CCCCCC3)CC2)cc(OC)c1OC. The maximum Gasteiger partial charge on any atom is 0.225 e. The van der Waals surface area contributed by atoms with E-state index in [0.717, 1.165) is 51.9 Å². The summed E-state index contributed by atoms with van der Waals surface area (Å²) in [6.07, 6.45) is 6.88. The minimum atomic E-state index is -0.0676. The van der Waals surface area contributed by atoms with Crippen molar-refractivity contribution in [2.24, 2.45) is 5.92 Å². The Morgan fingerprint density at radius 3 is 2.03 bits per heavy atom. The molecule has 1 N–H and O–H groups in total. The lowest BCUT2D eigenvalue weighted by Gasteiger charge is -2.33. The molecule has 178 valence electrons. The van der Waals surface area contributed by atoms with Gasteiger partial charge in [-0.15, -0.1) is 0 Å². The highest BCUT2D eigenvalue weighted by molar-refractivity contribution is 5.91. The first kappa shape index (κ1) is 24.2. The van der Waals surface area contributed by atoms with Gasteiger partial charge in [-0.3, -0.25) is 9.59 Å². The Balaban J connectivity index is 1.45. The largest absolute Gasteiger partial charge is 0.493 e. The van der Waals surface area contributed by atoms with E-state index in [2.05, 4.69) is 15.1 Å². The van der Waals surface area contributed by atoms with E-state index in [4.69, 9.17) is 14.2 Å². The van der Waals surface area contributed by atoms with Gasteiger partial charge in [0.2, 0.25) is 17.6 Å². The van der Waals surface area contributed by atoms with Gasteiger partial charge in [0.25, 0.3) is 0 Å². The van der Waals surface area contributed by atoms with Crippen LogP contribution in [-0.2, 0) is 9.59 Å². The van der Waals surface area contributed by atoms with Crippen molar-refractivity contribution in [3.63, 3.8) is 0 Å². The Hall–Kier alpha value is -2.48. The van der Waals surface area contributed by atoms with Crippen LogP contribution >= 0.6 is 0 Å². The van der Waals surface area contributed by atoms with Crippen LogP contribution in [-0.4, -0.2) is 75.7 Å². The second-order valence-corrected chi connectivity index (χ2v) is 8.57. The maximum absolute atomic E-state index is 12.8. The van der Waals surface area contributed by atoms with Gasteiger partial charge in [0.15, 0.2) is 11.5 Å². The van der Waals surface area contributed by atoms with E-state index in [1.807, 2.05) is 0 Å². The fourth-order valence-corrected chi connectivity index (χ4v) is 4.59. The van der Waals surface area contributed by atoms with Crippen LogP contribution < -0.4 is 19.5 Å². The molecule has 1 aromatic rings. The average molecular weight is 448 g/mol. The molecule has 2 aliphatic rings. The monoisotopic (exact) mass is 447 g/mol. The molecular formula is C24H37N3O5. The molecular weight excluding hydrogens is 410 g/mol. The molecule has 8 nitrogen and oxygen atoms in total. The molecule has 2 saturated heterocycles. The van der Waals surface area contributed by atoms with Gasteiger partial charge in [-0.2, -0.15) is 0 Å². The first-order chi connectivity index (χ1) is 15.5. The van der Waals surface area contributed by atoms with Crippen LogP contribution in [0.4, 0.5) is 5.69 Å². The Labute approximate surface area is 191 Å². The van der Waals surface area contributed by atoms with Crippen molar-refractivity contribution in [1.82, 2.24) is 9.80 Å². The van der Waals surface area contributed by atoms with Crippen LogP contribution in [0, 0.1) is 5.92 Å². The standard InChI is InChI=1S/C24H37N3O5/c1-30-20-16-19(17-21(31-2)23(20)32-3)25-22(28)10-15-26-13-8-18(9-14-26)24(29)27-11-6-4-5-7-12-27/h16-18H,4-15H2,1-3H3,(H,25,28). The number of benzene rings is 1. The number of carbonyl (C=O) groups excluding carboxylic acids is 2. The van der Waals surface area contributed by atoms with Crippen molar-refractivity contribution in [3.8, 4) is 17.2 Å². The van der Waals surface area contributed by atoms with E-state index in [1.165, 1.54) is 12.8 Å². The van der Waals surface area contributed by atoms with E-state index in [-0.39, 0.29) is 11.8 Å². The molecule has 0 aliphatic carbocycles. The molecule has 0 atom stereocenters. The quantitative estimate of drug-likeness (QED) is 0.659. The first-order valence-corrected chi connectivity index (χ1v) is 11.7. The minimum Gasteiger partial charge on any atom is -0.493 e. The number of nitrogens with one attached hydrogen (secondary N) is 1. The summed E-state index contributed by atoms with van der Waals surface area (Å²) in [5.41, 5.74) is 0.603. The van der Waals surface area contributed by atoms with Gasteiger partial charge in [-0.25, -0.2) is 0 Å². The van der Waals surface area contributed by atoms with Crippen molar-refractivity contribution in [2.45, 2.75) is 44.9 Å². The van der Waals surface area contributed by atoms with Crippen molar-refractivity contribution < 1.29 is 23.8 Å². The number of piperidine rings is 1. The van der Waals surface area contributed by atoms with Gasteiger partial charge in [0.1, 0.15) is 0 Å². The predicted octanol–water partition coefficient (Wildman–Crippen LogP) is 3.16. The third kappa shape index (κ3) is 6.28. The molecule has 3 rings (SSSR count). The number of anilines is 1. The highest BCUT2D eigenvalue weighted by Gasteiger charge is 2.29. The Bertz CT molecular complexity index is 744. The Morgan fingerprint density at radius 1 is 0.906 bits per heavy atom. The van der Waals surface area contributed by atoms with Crippen molar-refractivity contribution in [2.75, 3.05) is 59.4 Å². The average Bonchev–Trinajstić information content (AvgIpc) is 3.11. The number of hydrogen-bond donors (Lipinski definition) is 1. The molecule has 0 spiro atoms. The maximum atomic E-state index is 12.8. The van der Waals surface area contributed by atoms with Crippen molar-refractivity contribution in [1.29, 1.82) is 0 Å². The Kier molecular flexibility index (Phi) is 9.02.